The molecule has 0 saturated carbocycles. The highest BCUT2D eigenvalue weighted by Gasteiger charge is 2.21. The van der Waals surface area contributed by atoms with Crippen molar-refractivity contribution in [2.75, 3.05) is 19.6 Å². The Kier molecular flexibility index (Phi) is 11.5. The summed E-state index contributed by atoms with van der Waals surface area (Å²) < 4.78 is 0. The quantitative estimate of drug-likeness (QED) is 0.113. The van der Waals surface area contributed by atoms with E-state index in [0.29, 0.717) is 0 Å². The van der Waals surface area contributed by atoms with Crippen LogP contribution in [-0.2, 0) is 0 Å². The molecule has 13 rings (SSSR count). The second-order valence-electron chi connectivity index (χ2n) is 18.6. The lowest BCUT2D eigenvalue weighted by Crippen LogP contribution is -2.12. The number of nitrogens with zero attached hydrogens (tertiary/aromatic N) is 4. The van der Waals surface area contributed by atoms with Crippen molar-refractivity contribution in [3.05, 3.63) is 303 Å². The molecule has 0 amide bonds. The number of benzene rings is 13. The second kappa shape index (κ2) is 19.4. The van der Waals surface area contributed by atoms with Crippen molar-refractivity contribution in [1.82, 2.24) is 0 Å². The maximum absolute atomic E-state index is 2.36. The zero-order valence-corrected chi connectivity index (χ0v) is 40.7. The van der Waals surface area contributed by atoms with E-state index in [1.807, 2.05) is 0 Å². The summed E-state index contributed by atoms with van der Waals surface area (Å²) in [4.78, 5) is 9.42. The number of rotatable bonds is 12. The molecule has 4 heteroatoms. The minimum Gasteiger partial charge on any atom is -0.310 e. The summed E-state index contributed by atoms with van der Waals surface area (Å²) in [7, 11) is 0. The standard InChI is InChI=1S/C70H50N4/c1-5-23-55(24-6-1)71(59-37-41-61(42-38-59)73(57-27-9-3-10-28-57)69-33-17-21-51-19-13-15-31-67(51)69)63-45-47-65-53(49-63)35-36-54-50-64(46-48-66(54)65)72(56-25-7-2-8-26-56)60-39-43-62(44-40-60)74(58-29-11-4-12-30-58)70-34-18-22-52-20-14-16-32-68(52)70/h1-50H. The van der Waals surface area contributed by atoms with E-state index in [-0.39, 0.29) is 0 Å². The smallest absolute Gasteiger partial charge is 0.0540 e. The molecule has 4 nitrogen and oxygen atoms in total. The number of para-hydroxylation sites is 4. The summed E-state index contributed by atoms with van der Waals surface area (Å²) >= 11 is 0. The largest absolute Gasteiger partial charge is 0.310 e. The molecular formula is C70H50N4. The zero-order valence-electron chi connectivity index (χ0n) is 40.7. The number of anilines is 12. The zero-order chi connectivity index (χ0) is 49.2. The van der Waals surface area contributed by atoms with E-state index in [0.717, 1.165) is 68.2 Å². The van der Waals surface area contributed by atoms with Crippen LogP contribution in [0.1, 0.15) is 0 Å². The highest BCUT2D eigenvalue weighted by Crippen LogP contribution is 2.45. The first kappa shape index (κ1) is 44.1. The summed E-state index contributed by atoms with van der Waals surface area (Å²) in [6.45, 7) is 0. The second-order valence-corrected chi connectivity index (χ2v) is 18.6. The molecule has 0 bridgehead atoms. The molecule has 0 radical (unpaired) electrons. The Bertz CT molecular complexity index is 3790. The summed E-state index contributed by atoms with van der Waals surface area (Å²) in [6.07, 6.45) is 0. The lowest BCUT2D eigenvalue weighted by atomic mass is 10.00. The van der Waals surface area contributed by atoms with Crippen LogP contribution in [0.25, 0.3) is 43.1 Å². The normalized spacial score (nSPS) is 11.2. The van der Waals surface area contributed by atoms with Gasteiger partial charge < -0.3 is 19.6 Å². The van der Waals surface area contributed by atoms with Crippen LogP contribution in [0, 0.1) is 0 Å². The summed E-state index contributed by atoms with van der Waals surface area (Å²) in [5.41, 5.74) is 13.2. The number of fused-ring (bicyclic) bond motifs is 5. The van der Waals surface area contributed by atoms with Gasteiger partial charge in [0.05, 0.1) is 11.4 Å². The summed E-state index contributed by atoms with van der Waals surface area (Å²) in [5, 5.41) is 9.60. The van der Waals surface area contributed by atoms with E-state index in [1.54, 1.807) is 0 Å². The third kappa shape index (κ3) is 8.30. The Morgan fingerprint density at radius 2 is 0.419 bits per heavy atom. The molecule has 0 spiro atoms. The van der Waals surface area contributed by atoms with Crippen LogP contribution in [0.2, 0.25) is 0 Å². The monoisotopic (exact) mass is 946 g/mol. The third-order valence-corrected chi connectivity index (χ3v) is 14.1. The van der Waals surface area contributed by atoms with Crippen molar-refractivity contribution in [3.63, 3.8) is 0 Å². The van der Waals surface area contributed by atoms with Gasteiger partial charge in [0.15, 0.2) is 0 Å². The third-order valence-electron chi connectivity index (χ3n) is 14.1. The van der Waals surface area contributed by atoms with Crippen LogP contribution < -0.4 is 19.6 Å². The first-order valence-corrected chi connectivity index (χ1v) is 25.2. The van der Waals surface area contributed by atoms with Crippen molar-refractivity contribution >= 4 is 111 Å². The van der Waals surface area contributed by atoms with Crippen LogP contribution in [0.15, 0.2) is 303 Å². The molecule has 0 fully saturated rings. The minimum atomic E-state index is 1.08. The Hall–Kier alpha value is -9.90. The van der Waals surface area contributed by atoms with E-state index in [1.165, 1.54) is 43.1 Å². The Balaban J connectivity index is 0.850. The van der Waals surface area contributed by atoms with Gasteiger partial charge in [-0.15, -0.1) is 0 Å². The van der Waals surface area contributed by atoms with E-state index in [9.17, 15) is 0 Å². The Labute approximate surface area is 432 Å². The molecule has 0 heterocycles. The average Bonchev–Trinajstić information content (AvgIpc) is 3.48. The number of hydrogen-bond acceptors (Lipinski definition) is 4. The molecular weight excluding hydrogens is 897 g/mol. The van der Waals surface area contributed by atoms with Crippen LogP contribution in [0.3, 0.4) is 0 Å². The van der Waals surface area contributed by atoms with Crippen molar-refractivity contribution in [2.45, 2.75) is 0 Å². The molecule has 0 unspecified atom stereocenters. The van der Waals surface area contributed by atoms with Gasteiger partial charge in [0, 0.05) is 67.6 Å². The molecule has 74 heavy (non-hydrogen) atoms. The first-order valence-electron chi connectivity index (χ1n) is 25.2. The molecule has 0 aliphatic carbocycles. The van der Waals surface area contributed by atoms with Gasteiger partial charge in [-0.05, 0) is 166 Å². The average molecular weight is 947 g/mol. The molecule has 0 N–H and O–H groups in total. The summed E-state index contributed by atoms with van der Waals surface area (Å²) in [5.74, 6) is 0. The van der Waals surface area contributed by atoms with Gasteiger partial charge in [0.2, 0.25) is 0 Å². The van der Waals surface area contributed by atoms with Gasteiger partial charge in [0.25, 0.3) is 0 Å². The van der Waals surface area contributed by atoms with Crippen molar-refractivity contribution in [1.29, 1.82) is 0 Å². The minimum absolute atomic E-state index is 1.08. The van der Waals surface area contributed by atoms with Gasteiger partial charge in [-0.25, -0.2) is 0 Å². The van der Waals surface area contributed by atoms with Crippen molar-refractivity contribution < 1.29 is 0 Å². The molecule has 13 aromatic carbocycles. The van der Waals surface area contributed by atoms with Gasteiger partial charge in [-0.1, -0.05) is 170 Å². The van der Waals surface area contributed by atoms with E-state index in [4.69, 9.17) is 0 Å². The van der Waals surface area contributed by atoms with Gasteiger partial charge in [-0.3, -0.25) is 0 Å². The molecule has 0 saturated heterocycles. The van der Waals surface area contributed by atoms with Gasteiger partial charge >= 0.3 is 0 Å². The maximum Gasteiger partial charge on any atom is 0.0540 e. The predicted molar refractivity (Wildman–Crippen MR) is 315 cm³/mol. The molecule has 13 aromatic rings. The molecule has 0 atom stereocenters. The Morgan fingerprint density at radius 1 is 0.149 bits per heavy atom. The first-order chi connectivity index (χ1) is 36.7. The van der Waals surface area contributed by atoms with Crippen LogP contribution in [-0.4, -0.2) is 0 Å². The van der Waals surface area contributed by atoms with E-state index in [2.05, 4.69) is 323 Å². The molecule has 350 valence electrons. The van der Waals surface area contributed by atoms with Crippen LogP contribution in [0.5, 0.6) is 0 Å². The maximum atomic E-state index is 2.36. The molecule has 0 aromatic heterocycles. The highest BCUT2D eigenvalue weighted by atomic mass is 15.2. The van der Waals surface area contributed by atoms with E-state index < -0.39 is 0 Å². The van der Waals surface area contributed by atoms with Gasteiger partial charge in [0.1, 0.15) is 0 Å². The number of hydrogen-bond donors (Lipinski definition) is 0. The van der Waals surface area contributed by atoms with Crippen molar-refractivity contribution in [2.24, 2.45) is 0 Å². The van der Waals surface area contributed by atoms with Gasteiger partial charge in [-0.2, -0.15) is 0 Å². The van der Waals surface area contributed by atoms with E-state index >= 15 is 0 Å². The van der Waals surface area contributed by atoms with Crippen LogP contribution >= 0.6 is 0 Å². The predicted octanol–water partition coefficient (Wildman–Crippen LogP) is 20.2. The topological polar surface area (TPSA) is 13.0 Å². The highest BCUT2D eigenvalue weighted by molar-refractivity contribution is 6.10. The summed E-state index contributed by atoms with van der Waals surface area (Å²) in [6, 6.07) is 109. The fourth-order valence-electron chi connectivity index (χ4n) is 10.7. The fraction of sp³-hybridized carbons (Fsp3) is 0. The molecule has 0 aliphatic heterocycles. The van der Waals surface area contributed by atoms with Crippen molar-refractivity contribution in [3.8, 4) is 0 Å². The fourth-order valence-corrected chi connectivity index (χ4v) is 10.7. The lowest BCUT2D eigenvalue weighted by Gasteiger charge is -2.29. The molecule has 0 aliphatic rings. The van der Waals surface area contributed by atoms with Crippen LogP contribution in [0.4, 0.5) is 68.2 Å². The lowest BCUT2D eigenvalue weighted by molar-refractivity contribution is 1.26. The SMILES string of the molecule is c1ccc(N(c2ccc(N(c3ccccc3)c3cccc4ccccc34)cc2)c2ccc3c(ccc4cc(N(c5ccccc5)c5ccc(N(c6ccccc6)c6cccc7ccccc67)cc5)ccc43)c2)cc1. The Morgan fingerprint density at radius 3 is 0.784 bits per heavy atom.